The van der Waals surface area contributed by atoms with Crippen molar-refractivity contribution in [2.45, 2.75) is 32.8 Å². The van der Waals surface area contributed by atoms with E-state index in [1.807, 2.05) is 36.9 Å². The summed E-state index contributed by atoms with van der Waals surface area (Å²) in [5.74, 6) is 0.800. The molecule has 0 radical (unpaired) electrons. The van der Waals surface area contributed by atoms with Gasteiger partial charge in [-0.1, -0.05) is 6.07 Å². The third-order valence-electron chi connectivity index (χ3n) is 4.06. The van der Waals surface area contributed by atoms with Crippen LogP contribution in [0.2, 0.25) is 0 Å². The molecule has 0 aromatic carbocycles. The molecule has 24 heavy (non-hydrogen) atoms. The van der Waals surface area contributed by atoms with Crippen molar-refractivity contribution in [2.75, 3.05) is 19.7 Å². The summed E-state index contributed by atoms with van der Waals surface area (Å²) in [6.07, 6.45) is 4.47. The standard InChI is InChI=1S/C18H22N4O2/c1-13-10-14(2)21-18(20-13)16-12-22(8-9-24-16)17(23)6-5-15-4-3-7-19-11-15/h3-4,7,10-11,16H,5-6,8-9,12H2,1-2H3/t16-/m1/s1. The third-order valence-corrected chi connectivity index (χ3v) is 4.06. The molecule has 0 bridgehead atoms. The summed E-state index contributed by atoms with van der Waals surface area (Å²) in [4.78, 5) is 27.4. The van der Waals surface area contributed by atoms with E-state index in [9.17, 15) is 4.79 Å². The lowest BCUT2D eigenvalue weighted by molar-refractivity contribution is -0.139. The van der Waals surface area contributed by atoms with Gasteiger partial charge in [-0.05, 0) is 38.0 Å². The van der Waals surface area contributed by atoms with Crippen LogP contribution in [-0.2, 0) is 16.0 Å². The molecule has 1 amide bonds. The number of hydrogen-bond acceptors (Lipinski definition) is 5. The SMILES string of the molecule is Cc1cc(C)nc([C@H]2CN(C(=O)CCc3cccnc3)CCO2)n1. The van der Waals surface area contributed by atoms with E-state index in [4.69, 9.17) is 4.74 Å². The fraction of sp³-hybridized carbons (Fsp3) is 0.444. The first-order chi connectivity index (χ1) is 11.6. The highest BCUT2D eigenvalue weighted by Gasteiger charge is 2.27. The van der Waals surface area contributed by atoms with E-state index in [2.05, 4.69) is 15.0 Å². The molecular weight excluding hydrogens is 304 g/mol. The molecular formula is C18H22N4O2. The van der Waals surface area contributed by atoms with Crippen molar-refractivity contribution in [3.63, 3.8) is 0 Å². The van der Waals surface area contributed by atoms with E-state index < -0.39 is 0 Å². The van der Waals surface area contributed by atoms with Gasteiger partial charge in [0, 0.05) is 36.7 Å². The maximum atomic E-state index is 12.5. The van der Waals surface area contributed by atoms with Gasteiger partial charge >= 0.3 is 0 Å². The van der Waals surface area contributed by atoms with E-state index in [1.54, 1.807) is 12.4 Å². The van der Waals surface area contributed by atoms with Gasteiger partial charge in [0.15, 0.2) is 5.82 Å². The Kier molecular flexibility index (Phi) is 5.15. The molecule has 0 N–H and O–H groups in total. The summed E-state index contributed by atoms with van der Waals surface area (Å²) in [6, 6.07) is 5.82. The molecule has 1 atom stereocenters. The average Bonchev–Trinajstić information content (AvgIpc) is 2.60. The monoisotopic (exact) mass is 326 g/mol. The summed E-state index contributed by atoms with van der Waals surface area (Å²) in [6.45, 7) is 5.53. The predicted octanol–water partition coefficient (Wildman–Crippen LogP) is 2.02. The molecule has 1 fully saturated rings. The van der Waals surface area contributed by atoms with Crippen molar-refractivity contribution < 1.29 is 9.53 Å². The van der Waals surface area contributed by atoms with Crippen molar-refractivity contribution >= 4 is 5.91 Å². The van der Waals surface area contributed by atoms with Crippen molar-refractivity contribution in [1.29, 1.82) is 0 Å². The van der Waals surface area contributed by atoms with Crippen molar-refractivity contribution in [3.05, 3.63) is 53.4 Å². The zero-order valence-corrected chi connectivity index (χ0v) is 14.1. The van der Waals surface area contributed by atoms with Crippen molar-refractivity contribution in [3.8, 4) is 0 Å². The van der Waals surface area contributed by atoms with Gasteiger partial charge < -0.3 is 9.64 Å². The zero-order valence-electron chi connectivity index (χ0n) is 14.1. The molecule has 3 rings (SSSR count). The van der Waals surface area contributed by atoms with Gasteiger partial charge in [-0.15, -0.1) is 0 Å². The molecule has 0 saturated carbocycles. The summed E-state index contributed by atoms with van der Waals surface area (Å²) in [7, 11) is 0. The third kappa shape index (κ3) is 4.14. The first-order valence-electron chi connectivity index (χ1n) is 8.22. The smallest absolute Gasteiger partial charge is 0.223 e. The topological polar surface area (TPSA) is 68.2 Å². The Morgan fingerprint density at radius 3 is 2.83 bits per heavy atom. The van der Waals surface area contributed by atoms with Crippen LogP contribution in [0, 0.1) is 13.8 Å². The molecule has 0 unspecified atom stereocenters. The number of aromatic nitrogens is 3. The highest BCUT2D eigenvalue weighted by molar-refractivity contribution is 5.76. The lowest BCUT2D eigenvalue weighted by Gasteiger charge is -2.32. The average molecular weight is 326 g/mol. The van der Waals surface area contributed by atoms with Gasteiger partial charge in [-0.25, -0.2) is 9.97 Å². The summed E-state index contributed by atoms with van der Waals surface area (Å²) < 4.78 is 5.79. The Labute approximate surface area is 141 Å². The van der Waals surface area contributed by atoms with Crippen LogP contribution in [-0.4, -0.2) is 45.5 Å². The van der Waals surface area contributed by atoms with E-state index >= 15 is 0 Å². The van der Waals surface area contributed by atoms with Crippen LogP contribution < -0.4 is 0 Å². The maximum Gasteiger partial charge on any atom is 0.223 e. The number of nitrogens with zero attached hydrogens (tertiary/aromatic N) is 4. The lowest BCUT2D eigenvalue weighted by atomic mass is 10.1. The summed E-state index contributed by atoms with van der Waals surface area (Å²) >= 11 is 0. The van der Waals surface area contributed by atoms with E-state index in [0.29, 0.717) is 38.4 Å². The van der Waals surface area contributed by atoms with E-state index in [1.165, 1.54) is 0 Å². The highest BCUT2D eigenvalue weighted by atomic mass is 16.5. The fourth-order valence-corrected chi connectivity index (χ4v) is 2.88. The second-order valence-corrected chi connectivity index (χ2v) is 6.07. The van der Waals surface area contributed by atoms with Gasteiger partial charge in [-0.2, -0.15) is 0 Å². The molecule has 1 aliphatic rings. The molecule has 6 nitrogen and oxygen atoms in total. The molecule has 6 heteroatoms. The van der Waals surface area contributed by atoms with Gasteiger partial charge in [0.25, 0.3) is 0 Å². The van der Waals surface area contributed by atoms with Crippen LogP contribution in [0.5, 0.6) is 0 Å². The Balaban J connectivity index is 1.61. The first kappa shape index (κ1) is 16.5. The number of aryl methyl sites for hydroxylation is 3. The zero-order chi connectivity index (χ0) is 16.9. The minimum Gasteiger partial charge on any atom is -0.367 e. The number of carbonyl (C=O) groups excluding carboxylic acids is 1. The molecule has 1 saturated heterocycles. The number of hydrogen-bond donors (Lipinski definition) is 0. The summed E-state index contributed by atoms with van der Waals surface area (Å²) in [5.41, 5.74) is 2.91. The van der Waals surface area contributed by atoms with Gasteiger partial charge in [0.2, 0.25) is 5.91 Å². The van der Waals surface area contributed by atoms with Gasteiger partial charge in [0.05, 0.1) is 13.2 Å². The first-order valence-corrected chi connectivity index (χ1v) is 8.22. The maximum absolute atomic E-state index is 12.5. The molecule has 3 heterocycles. The molecule has 2 aromatic heterocycles. The van der Waals surface area contributed by atoms with Crippen molar-refractivity contribution in [2.24, 2.45) is 0 Å². The number of morpholine rings is 1. The Hall–Kier alpha value is -2.34. The number of amides is 1. The molecule has 0 aliphatic carbocycles. The van der Waals surface area contributed by atoms with Crippen molar-refractivity contribution in [1.82, 2.24) is 19.9 Å². The Morgan fingerprint density at radius 2 is 2.12 bits per heavy atom. The number of carbonyl (C=O) groups is 1. The minimum atomic E-state index is -0.250. The highest BCUT2D eigenvalue weighted by Crippen LogP contribution is 2.20. The lowest BCUT2D eigenvalue weighted by Crippen LogP contribution is -2.42. The molecule has 126 valence electrons. The van der Waals surface area contributed by atoms with E-state index in [-0.39, 0.29) is 12.0 Å². The number of ether oxygens (including phenoxy) is 1. The van der Waals surface area contributed by atoms with Crippen LogP contribution in [0.4, 0.5) is 0 Å². The van der Waals surface area contributed by atoms with Crippen LogP contribution in [0.1, 0.15) is 35.3 Å². The minimum absolute atomic E-state index is 0.136. The summed E-state index contributed by atoms with van der Waals surface area (Å²) in [5, 5.41) is 0. The van der Waals surface area contributed by atoms with Gasteiger partial charge in [-0.3, -0.25) is 9.78 Å². The Bertz CT molecular complexity index is 685. The van der Waals surface area contributed by atoms with E-state index in [0.717, 1.165) is 17.0 Å². The molecule has 1 aliphatic heterocycles. The number of pyridine rings is 1. The quantitative estimate of drug-likeness (QED) is 0.860. The largest absolute Gasteiger partial charge is 0.367 e. The second kappa shape index (κ2) is 7.49. The number of rotatable bonds is 4. The van der Waals surface area contributed by atoms with Crippen LogP contribution in [0.3, 0.4) is 0 Å². The Morgan fingerprint density at radius 1 is 1.33 bits per heavy atom. The van der Waals surface area contributed by atoms with Crippen LogP contribution >= 0.6 is 0 Å². The van der Waals surface area contributed by atoms with Gasteiger partial charge in [0.1, 0.15) is 6.10 Å². The molecule has 0 spiro atoms. The second-order valence-electron chi connectivity index (χ2n) is 6.07. The normalized spacial score (nSPS) is 17.8. The fourth-order valence-electron chi connectivity index (χ4n) is 2.88. The molecule has 2 aromatic rings. The predicted molar refractivity (Wildman–Crippen MR) is 89.3 cm³/mol. The van der Waals surface area contributed by atoms with Crippen LogP contribution in [0.15, 0.2) is 30.6 Å². The van der Waals surface area contributed by atoms with Crippen LogP contribution in [0.25, 0.3) is 0 Å².